The maximum atomic E-state index is 12.8. The van der Waals surface area contributed by atoms with Crippen molar-refractivity contribution in [3.8, 4) is 0 Å². The Bertz CT molecular complexity index is 1150. The number of carbonyl (C=O) groups excluding carboxylic acids is 1. The minimum atomic E-state index is -3.60. The first-order valence-electron chi connectivity index (χ1n) is 10.6. The van der Waals surface area contributed by atoms with Gasteiger partial charge in [-0.25, -0.2) is 8.42 Å². The Balaban J connectivity index is 1.44. The zero-order valence-corrected chi connectivity index (χ0v) is 19.1. The lowest BCUT2D eigenvalue weighted by Crippen LogP contribution is -2.28. The molecule has 1 unspecified atom stereocenters. The molecule has 1 aromatic heterocycles. The maximum absolute atomic E-state index is 12.8. The van der Waals surface area contributed by atoms with Gasteiger partial charge in [0.05, 0.1) is 6.04 Å². The normalized spacial score (nSPS) is 14.5. The summed E-state index contributed by atoms with van der Waals surface area (Å²) < 4.78 is 27.5. The molecule has 7 heteroatoms. The third kappa shape index (κ3) is 4.99. The molecule has 0 radical (unpaired) electrons. The van der Waals surface area contributed by atoms with E-state index >= 15 is 0 Å². The second-order valence-electron chi connectivity index (χ2n) is 7.78. The van der Waals surface area contributed by atoms with E-state index in [0.29, 0.717) is 11.3 Å². The molecule has 0 saturated carbocycles. The van der Waals surface area contributed by atoms with Crippen LogP contribution in [0.1, 0.15) is 59.3 Å². The molecule has 1 heterocycles. The van der Waals surface area contributed by atoms with E-state index in [4.69, 9.17) is 0 Å². The predicted molar refractivity (Wildman–Crippen MR) is 125 cm³/mol. The third-order valence-electron chi connectivity index (χ3n) is 5.65. The summed E-state index contributed by atoms with van der Waals surface area (Å²) in [4.78, 5) is 12.8. The molecule has 162 valence electrons. The Hall–Kier alpha value is -2.64. The first kappa shape index (κ1) is 21.6. The van der Waals surface area contributed by atoms with Crippen LogP contribution in [0.3, 0.4) is 0 Å². The van der Waals surface area contributed by atoms with Crippen LogP contribution in [0.2, 0.25) is 0 Å². The summed E-state index contributed by atoms with van der Waals surface area (Å²) in [5.74, 6) is -0.169. The fourth-order valence-corrected chi connectivity index (χ4v) is 6.00. The van der Waals surface area contributed by atoms with E-state index in [2.05, 4.69) is 35.2 Å². The largest absolute Gasteiger partial charge is 0.345 e. The molecule has 1 atom stereocenters. The summed E-state index contributed by atoms with van der Waals surface area (Å²) >= 11 is 1.16. The van der Waals surface area contributed by atoms with Gasteiger partial charge in [0.2, 0.25) is 0 Å². The second-order valence-corrected chi connectivity index (χ2v) is 10.6. The number of aryl methyl sites for hydroxylation is 2. The summed E-state index contributed by atoms with van der Waals surface area (Å²) in [6, 6.07) is 16.3. The molecule has 0 aliphatic heterocycles. The minimum Gasteiger partial charge on any atom is -0.345 e. The van der Waals surface area contributed by atoms with E-state index in [1.807, 2.05) is 0 Å². The molecule has 1 aliphatic rings. The van der Waals surface area contributed by atoms with Crippen LogP contribution >= 0.6 is 11.3 Å². The van der Waals surface area contributed by atoms with Crippen molar-refractivity contribution in [2.24, 2.45) is 0 Å². The number of carbonyl (C=O) groups is 1. The summed E-state index contributed by atoms with van der Waals surface area (Å²) in [7, 11) is -3.60. The van der Waals surface area contributed by atoms with Gasteiger partial charge in [0.25, 0.3) is 15.9 Å². The van der Waals surface area contributed by atoms with E-state index in [9.17, 15) is 13.2 Å². The number of fused-ring (bicyclic) bond motifs is 1. The maximum Gasteiger partial charge on any atom is 0.271 e. The fraction of sp³-hybridized carbons (Fsp3) is 0.292. The Labute approximate surface area is 187 Å². The Morgan fingerprint density at radius 2 is 1.77 bits per heavy atom. The highest BCUT2D eigenvalue weighted by atomic mass is 32.2. The molecule has 1 aliphatic carbocycles. The quantitative estimate of drug-likeness (QED) is 0.508. The van der Waals surface area contributed by atoms with E-state index in [-0.39, 0.29) is 16.2 Å². The van der Waals surface area contributed by atoms with Crippen molar-refractivity contribution < 1.29 is 13.2 Å². The van der Waals surface area contributed by atoms with Gasteiger partial charge in [0.15, 0.2) is 0 Å². The zero-order chi connectivity index (χ0) is 21.8. The smallest absolute Gasteiger partial charge is 0.271 e. The van der Waals surface area contributed by atoms with Crippen molar-refractivity contribution in [2.75, 3.05) is 4.72 Å². The SMILES string of the molecule is CCC(NC(=O)c1ccc(NS(=O)(=O)c2cccs2)cc1)c1ccc2c(c1)CCCC2. The van der Waals surface area contributed by atoms with Gasteiger partial charge in [-0.1, -0.05) is 31.2 Å². The highest BCUT2D eigenvalue weighted by molar-refractivity contribution is 7.94. The second kappa shape index (κ2) is 9.24. The van der Waals surface area contributed by atoms with Gasteiger partial charge in [-0.2, -0.15) is 0 Å². The highest BCUT2D eigenvalue weighted by Gasteiger charge is 2.18. The third-order valence-corrected chi connectivity index (χ3v) is 8.43. The lowest BCUT2D eigenvalue weighted by atomic mass is 9.88. The molecular weight excluding hydrogens is 428 g/mol. The summed E-state index contributed by atoms with van der Waals surface area (Å²) in [6.45, 7) is 2.06. The Morgan fingerprint density at radius 1 is 1.03 bits per heavy atom. The number of hydrogen-bond acceptors (Lipinski definition) is 4. The lowest BCUT2D eigenvalue weighted by Gasteiger charge is -2.22. The molecule has 0 bridgehead atoms. The molecule has 5 nitrogen and oxygen atoms in total. The molecule has 0 saturated heterocycles. The number of hydrogen-bond donors (Lipinski definition) is 2. The van der Waals surface area contributed by atoms with E-state index in [1.54, 1.807) is 41.8 Å². The van der Waals surface area contributed by atoms with Crippen molar-refractivity contribution >= 4 is 33.0 Å². The van der Waals surface area contributed by atoms with Crippen LogP contribution in [-0.2, 0) is 22.9 Å². The highest BCUT2D eigenvalue weighted by Crippen LogP contribution is 2.26. The average molecular weight is 455 g/mol. The Kier molecular flexibility index (Phi) is 6.43. The van der Waals surface area contributed by atoms with Crippen LogP contribution in [0.25, 0.3) is 0 Å². The molecule has 3 aromatic rings. The number of thiophene rings is 1. The summed E-state index contributed by atoms with van der Waals surface area (Å²) in [5.41, 5.74) is 4.88. The fourth-order valence-electron chi connectivity index (χ4n) is 3.94. The van der Waals surface area contributed by atoms with Gasteiger partial charge in [-0.05, 0) is 84.5 Å². The number of anilines is 1. The first-order valence-corrected chi connectivity index (χ1v) is 12.9. The van der Waals surface area contributed by atoms with Crippen LogP contribution < -0.4 is 10.0 Å². The standard InChI is InChI=1S/C24H26N2O3S2/c1-2-22(20-10-9-17-6-3-4-7-19(17)16-20)25-24(27)18-11-13-21(14-12-18)26-31(28,29)23-8-5-15-30-23/h5,8-16,22,26H,2-4,6-7H2,1H3,(H,25,27). The van der Waals surface area contributed by atoms with E-state index < -0.39 is 10.0 Å². The minimum absolute atomic E-state index is 0.0586. The van der Waals surface area contributed by atoms with Crippen LogP contribution in [0.15, 0.2) is 64.2 Å². The van der Waals surface area contributed by atoms with Crippen LogP contribution in [0.4, 0.5) is 5.69 Å². The molecule has 2 aromatic carbocycles. The van der Waals surface area contributed by atoms with Gasteiger partial charge in [0.1, 0.15) is 4.21 Å². The van der Waals surface area contributed by atoms with Gasteiger partial charge in [-0.15, -0.1) is 11.3 Å². The molecule has 2 N–H and O–H groups in total. The van der Waals surface area contributed by atoms with Crippen molar-refractivity contribution in [3.05, 3.63) is 82.2 Å². The van der Waals surface area contributed by atoms with E-state index in [0.717, 1.165) is 36.2 Å². The van der Waals surface area contributed by atoms with Gasteiger partial charge >= 0.3 is 0 Å². The topological polar surface area (TPSA) is 75.3 Å². The summed E-state index contributed by atoms with van der Waals surface area (Å²) in [6.07, 6.45) is 5.52. The first-order chi connectivity index (χ1) is 15.0. The monoisotopic (exact) mass is 454 g/mol. The number of sulfonamides is 1. The Morgan fingerprint density at radius 3 is 2.45 bits per heavy atom. The molecule has 31 heavy (non-hydrogen) atoms. The number of benzene rings is 2. The van der Waals surface area contributed by atoms with E-state index in [1.165, 1.54) is 24.0 Å². The number of amides is 1. The molecule has 4 rings (SSSR count). The molecule has 0 fully saturated rings. The predicted octanol–water partition coefficient (Wildman–Crippen LogP) is 5.31. The van der Waals surface area contributed by atoms with Gasteiger partial charge in [-0.3, -0.25) is 9.52 Å². The number of rotatable bonds is 7. The van der Waals surface area contributed by atoms with Crippen LogP contribution in [-0.4, -0.2) is 14.3 Å². The van der Waals surface area contributed by atoms with Gasteiger partial charge < -0.3 is 5.32 Å². The van der Waals surface area contributed by atoms with Crippen LogP contribution in [0.5, 0.6) is 0 Å². The van der Waals surface area contributed by atoms with Crippen molar-refractivity contribution in [1.82, 2.24) is 5.32 Å². The van der Waals surface area contributed by atoms with Crippen molar-refractivity contribution in [2.45, 2.75) is 49.3 Å². The van der Waals surface area contributed by atoms with Crippen molar-refractivity contribution in [1.29, 1.82) is 0 Å². The lowest BCUT2D eigenvalue weighted by molar-refractivity contribution is 0.0935. The molecule has 1 amide bonds. The van der Waals surface area contributed by atoms with Crippen LogP contribution in [0, 0.1) is 0 Å². The zero-order valence-electron chi connectivity index (χ0n) is 17.4. The summed E-state index contributed by atoms with van der Waals surface area (Å²) in [5, 5.41) is 4.84. The molecule has 0 spiro atoms. The van der Waals surface area contributed by atoms with Crippen molar-refractivity contribution in [3.63, 3.8) is 0 Å². The van der Waals surface area contributed by atoms with Gasteiger partial charge in [0, 0.05) is 11.3 Å². The number of nitrogens with one attached hydrogen (secondary N) is 2. The average Bonchev–Trinajstić information content (AvgIpc) is 3.33. The molecular formula is C24H26N2O3S2.